The van der Waals surface area contributed by atoms with Crippen LogP contribution in [-0.4, -0.2) is 46.0 Å². The highest BCUT2D eigenvalue weighted by Gasteiger charge is 2.38. The van der Waals surface area contributed by atoms with E-state index in [4.69, 9.17) is 0 Å². The molecule has 2 aliphatic rings. The van der Waals surface area contributed by atoms with Crippen molar-refractivity contribution in [1.82, 2.24) is 14.5 Å². The number of carbonyl (C=O) groups excluding carboxylic acids is 1. The van der Waals surface area contributed by atoms with Crippen molar-refractivity contribution in [3.63, 3.8) is 0 Å². The SMILES string of the molecule is O=C(Cn1c(C(F)(F)F)nc2ccccc21)N1CCC(N2CCCc3ccccc32)CC1. The monoisotopic (exact) mass is 442 g/mol. The van der Waals surface area contributed by atoms with Crippen LogP contribution in [0.3, 0.4) is 0 Å². The average Bonchev–Trinajstić information content (AvgIpc) is 3.18. The van der Waals surface area contributed by atoms with Crippen molar-refractivity contribution >= 4 is 22.6 Å². The molecule has 0 saturated carbocycles. The van der Waals surface area contributed by atoms with E-state index in [1.807, 2.05) is 0 Å². The Morgan fingerprint density at radius 3 is 2.50 bits per heavy atom. The normalized spacial score (nSPS) is 17.6. The Morgan fingerprint density at radius 1 is 1.00 bits per heavy atom. The van der Waals surface area contributed by atoms with Crippen LogP contribution in [0.4, 0.5) is 18.9 Å². The van der Waals surface area contributed by atoms with Crippen molar-refractivity contribution in [3.8, 4) is 0 Å². The molecule has 5 nitrogen and oxygen atoms in total. The van der Waals surface area contributed by atoms with Gasteiger partial charge in [-0.25, -0.2) is 4.98 Å². The lowest BCUT2D eigenvalue weighted by Gasteiger charge is -2.42. The molecule has 0 spiro atoms. The molecule has 1 amide bonds. The predicted molar refractivity (Wildman–Crippen MR) is 116 cm³/mol. The number of anilines is 1. The molecular formula is C24H25F3N4O. The number of likely N-dealkylation sites (tertiary alicyclic amines) is 1. The molecule has 1 fully saturated rings. The van der Waals surface area contributed by atoms with Crippen LogP contribution in [0.5, 0.6) is 0 Å². The zero-order valence-electron chi connectivity index (χ0n) is 17.7. The first kappa shape index (κ1) is 20.8. The van der Waals surface area contributed by atoms with Gasteiger partial charge in [0.2, 0.25) is 11.7 Å². The first-order valence-electron chi connectivity index (χ1n) is 11.1. The standard InChI is InChI=1S/C24H25F3N4O/c25-24(26,27)23-28-19-8-2-4-10-21(19)31(23)16-22(32)29-14-11-18(12-15-29)30-13-5-7-17-6-1-3-9-20(17)30/h1-4,6,8-10,18H,5,7,11-16H2. The number of aromatic nitrogens is 2. The summed E-state index contributed by atoms with van der Waals surface area (Å²) in [5.41, 5.74) is 3.22. The van der Waals surface area contributed by atoms with Crippen LogP contribution in [0.15, 0.2) is 48.5 Å². The van der Waals surface area contributed by atoms with Gasteiger partial charge < -0.3 is 14.4 Å². The highest BCUT2D eigenvalue weighted by Crippen LogP contribution is 2.33. The lowest BCUT2D eigenvalue weighted by atomic mass is 9.96. The Hall–Kier alpha value is -3.03. The average molecular weight is 442 g/mol. The number of amides is 1. The van der Waals surface area contributed by atoms with Gasteiger partial charge in [-0.3, -0.25) is 4.79 Å². The van der Waals surface area contributed by atoms with Gasteiger partial charge in [0.1, 0.15) is 6.54 Å². The van der Waals surface area contributed by atoms with Crippen LogP contribution >= 0.6 is 0 Å². The summed E-state index contributed by atoms with van der Waals surface area (Å²) in [5, 5.41) is 0. The Morgan fingerprint density at radius 2 is 1.72 bits per heavy atom. The van der Waals surface area contributed by atoms with Gasteiger partial charge >= 0.3 is 6.18 Å². The maximum Gasteiger partial charge on any atom is 0.449 e. The number of piperidine rings is 1. The molecule has 0 bridgehead atoms. The molecule has 8 heteroatoms. The lowest BCUT2D eigenvalue weighted by Crippen LogP contribution is -2.49. The van der Waals surface area contributed by atoms with Crippen molar-refractivity contribution in [2.45, 2.75) is 44.4 Å². The summed E-state index contributed by atoms with van der Waals surface area (Å²) in [5.74, 6) is -1.32. The molecule has 0 radical (unpaired) electrons. The molecule has 5 rings (SSSR count). The maximum atomic E-state index is 13.5. The summed E-state index contributed by atoms with van der Waals surface area (Å²) < 4.78 is 41.6. The highest BCUT2D eigenvalue weighted by molar-refractivity contribution is 5.81. The highest BCUT2D eigenvalue weighted by atomic mass is 19.4. The maximum absolute atomic E-state index is 13.5. The molecule has 0 atom stereocenters. The van der Waals surface area contributed by atoms with Crippen LogP contribution < -0.4 is 4.90 Å². The van der Waals surface area contributed by atoms with E-state index in [1.165, 1.54) is 17.3 Å². The van der Waals surface area contributed by atoms with Gasteiger partial charge in [-0.1, -0.05) is 30.3 Å². The van der Waals surface area contributed by atoms with Crippen LogP contribution in [0.25, 0.3) is 11.0 Å². The van der Waals surface area contributed by atoms with Crippen molar-refractivity contribution in [3.05, 3.63) is 59.9 Å². The number of fused-ring (bicyclic) bond motifs is 2. The fraction of sp³-hybridized carbons (Fsp3) is 0.417. The third-order valence-corrected chi connectivity index (χ3v) is 6.61. The van der Waals surface area contributed by atoms with E-state index in [2.05, 4.69) is 34.1 Å². The number of rotatable bonds is 3. The number of aryl methyl sites for hydroxylation is 1. The summed E-state index contributed by atoms with van der Waals surface area (Å²) in [6.45, 7) is 1.75. The van der Waals surface area contributed by atoms with E-state index in [1.54, 1.807) is 23.1 Å². The molecule has 1 saturated heterocycles. The van der Waals surface area contributed by atoms with E-state index in [-0.39, 0.29) is 18.0 Å². The molecule has 2 aromatic carbocycles. The molecular weight excluding hydrogens is 417 g/mol. The summed E-state index contributed by atoms with van der Waals surface area (Å²) in [7, 11) is 0. The van der Waals surface area contributed by atoms with Gasteiger partial charge in [0.05, 0.1) is 11.0 Å². The smallest absolute Gasteiger partial charge is 0.368 e. The van der Waals surface area contributed by atoms with Crippen LogP contribution in [0.1, 0.15) is 30.7 Å². The van der Waals surface area contributed by atoms with Gasteiger partial charge in [-0.15, -0.1) is 0 Å². The van der Waals surface area contributed by atoms with Crippen LogP contribution in [0, 0.1) is 0 Å². The number of halogens is 3. The van der Waals surface area contributed by atoms with Crippen molar-refractivity contribution < 1.29 is 18.0 Å². The Bertz CT molecular complexity index is 1130. The second-order valence-electron chi connectivity index (χ2n) is 8.55. The Kier molecular flexibility index (Phi) is 5.31. The lowest BCUT2D eigenvalue weighted by molar-refractivity contribution is -0.148. The largest absolute Gasteiger partial charge is 0.449 e. The van der Waals surface area contributed by atoms with Crippen molar-refractivity contribution in [1.29, 1.82) is 0 Å². The summed E-state index contributed by atoms with van der Waals surface area (Å²) in [6, 6.07) is 15.2. The number of para-hydroxylation sites is 3. The molecule has 3 aromatic rings. The predicted octanol–water partition coefficient (Wildman–Crippen LogP) is 4.50. The van der Waals surface area contributed by atoms with Crippen molar-refractivity contribution in [2.75, 3.05) is 24.5 Å². The third-order valence-electron chi connectivity index (χ3n) is 6.61. The summed E-state index contributed by atoms with van der Waals surface area (Å²) in [4.78, 5) is 20.8. The molecule has 0 unspecified atom stereocenters. The van der Waals surface area contributed by atoms with Gasteiger partial charge in [0, 0.05) is 31.4 Å². The van der Waals surface area contributed by atoms with Crippen LogP contribution in [-0.2, 0) is 23.9 Å². The summed E-state index contributed by atoms with van der Waals surface area (Å²) >= 11 is 0. The zero-order chi connectivity index (χ0) is 22.3. The molecule has 1 aromatic heterocycles. The molecule has 32 heavy (non-hydrogen) atoms. The minimum atomic E-state index is -4.62. The van der Waals surface area contributed by atoms with Gasteiger partial charge in [0.15, 0.2) is 0 Å². The third kappa shape index (κ3) is 3.82. The van der Waals surface area contributed by atoms with Gasteiger partial charge in [-0.2, -0.15) is 13.2 Å². The first-order chi connectivity index (χ1) is 15.4. The number of hydrogen-bond donors (Lipinski definition) is 0. The van der Waals surface area contributed by atoms with E-state index >= 15 is 0 Å². The molecule has 0 aliphatic carbocycles. The molecule has 168 valence electrons. The minimum Gasteiger partial charge on any atom is -0.368 e. The molecule has 3 heterocycles. The fourth-order valence-electron chi connectivity index (χ4n) is 5.06. The zero-order valence-corrected chi connectivity index (χ0v) is 17.7. The van der Waals surface area contributed by atoms with Gasteiger partial charge in [0.25, 0.3) is 0 Å². The minimum absolute atomic E-state index is 0.245. The van der Waals surface area contributed by atoms with Crippen LogP contribution in [0.2, 0.25) is 0 Å². The van der Waals surface area contributed by atoms with E-state index in [0.717, 1.165) is 36.8 Å². The number of alkyl halides is 3. The Labute approximate surface area is 184 Å². The topological polar surface area (TPSA) is 41.4 Å². The second kappa shape index (κ2) is 8.15. The number of carbonyl (C=O) groups is 1. The van der Waals surface area contributed by atoms with E-state index in [0.29, 0.717) is 24.6 Å². The second-order valence-corrected chi connectivity index (χ2v) is 8.55. The Balaban J connectivity index is 1.29. The molecule has 2 aliphatic heterocycles. The van der Waals surface area contributed by atoms with E-state index in [9.17, 15) is 18.0 Å². The fourth-order valence-corrected chi connectivity index (χ4v) is 5.06. The quantitative estimate of drug-likeness (QED) is 0.600. The van der Waals surface area contributed by atoms with Crippen molar-refractivity contribution in [2.24, 2.45) is 0 Å². The summed E-state index contributed by atoms with van der Waals surface area (Å²) in [6.07, 6.45) is -0.782. The van der Waals surface area contributed by atoms with E-state index < -0.39 is 12.0 Å². The van der Waals surface area contributed by atoms with Gasteiger partial charge in [-0.05, 0) is 49.4 Å². The molecule has 0 N–H and O–H groups in total. The number of benzene rings is 2. The first-order valence-corrected chi connectivity index (χ1v) is 11.1. The number of nitrogens with zero attached hydrogens (tertiary/aromatic N) is 4. The number of imidazole rings is 1. The number of hydrogen-bond acceptors (Lipinski definition) is 3.